The minimum absolute atomic E-state index is 0. The molecule has 0 aromatic heterocycles. The van der Waals surface area contributed by atoms with Crippen LogP contribution in [0.2, 0.25) is 0 Å². The zero-order valence-electron chi connectivity index (χ0n) is 19.5. The topological polar surface area (TPSA) is 58.6 Å². The van der Waals surface area contributed by atoms with E-state index in [4.69, 9.17) is 19.2 Å². The van der Waals surface area contributed by atoms with Crippen molar-refractivity contribution in [1.82, 2.24) is 10.2 Å². The number of nitrogens with zero attached hydrogens (tertiary/aromatic N) is 3. The number of para-hydroxylation sites is 1. The van der Waals surface area contributed by atoms with Gasteiger partial charge in [-0.05, 0) is 31.5 Å². The molecule has 0 aliphatic carbocycles. The van der Waals surface area contributed by atoms with Crippen LogP contribution < -0.4 is 24.4 Å². The van der Waals surface area contributed by atoms with Gasteiger partial charge in [0, 0.05) is 50.5 Å². The molecule has 0 amide bonds. The van der Waals surface area contributed by atoms with Crippen molar-refractivity contribution < 1.29 is 14.2 Å². The molecule has 7 nitrogen and oxygen atoms in total. The Morgan fingerprint density at radius 2 is 1.59 bits per heavy atom. The number of aliphatic imine (C=N–C) groups is 1. The fraction of sp³-hybridized carbons (Fsp3) is 0.458. The summed E-state index contributed by atoms with van der Waals surface area (Å²) < 4.78 is 16.5. The van der Waals surface area contributed by atoms with E-state index in [0.717, 1.165) is 50.7 Å². The third-order valence-corrected chi connectivity index (χ3v) is 5.46. The molecule has 0 spiro atoms. The van der Waals surface area contributed by atoms with Gasteiger partial charge in [-0.2, -0.15) is 0 Å². The predicted octanol–water partition coefficient (Wildman–Crippen LogP) is 3.66. The van der Waals surface area contributed by atoms with E-state index >= 15 is 0 Å². The van der Waals surface area contributed by atoms with Crippen LogP contribution in [0.3, 0.4) is 0 Å². The molecule has 1 saturated heterocycles. The van der Waals surface area contributed by atoms with Gasteiger partial charge >= 0.3 is 0 Å². The normalized spacial score (nSPS) is 13.9. The highest BCUT2D eigenvalue weighted by atomic mass is 127. The van der Waals surface area contributed by atoms with Gasteiger partial charge in [0.25, 0.3) is 0 Å². The maximum atomic E-state index is 5.60. The highest BCUT2D eigenvalue weighted by Gasteiger charge is 2.20. The number of methoxy groups -OCH3 is 3. The average Bonchev–Trinajstić information content (AvgIpc) is 2.83. The molecule has 0 radical (unpaired) electrons. The molecule has 2 aromatic carbocycles. The van der Waals surface area contributed by atoms with Crippen LogP contribution in [0.5, 0.6) is 17.2 Å². The maximum absolute atomic E-state index is 5.60. The molecule has 1 aliphatic rings. The molecule has 8 heteroatoms. The zero-order chi connectivity index (χ0) is 22.1. The molecule has 1 N–H and O–H groups in total. The van der Waals surface area contributed by atoms with E-state index in [1.165, 1.54) is 5.69 Å². The number of rotatable bonds is 8. The van der Waals surface area contributed by atoms with Gasteiger partial charge in [0.05, 0.1) is 21.3 Å². The van der Waals surface area contributed by atoms with Crippen molar-refractivity contribution in [2.45, 2.75) is 13.3 Å². The predicted molar refractivity (Wildman–Crippen MR) is 141 cm³/mol. The Balaban J connectivity index is 0.00000363. The average molecular weight is 554 g/mol. The number of benzene rings is 2. The molecule has 1 heterocycles. The molecule has 0 saturated carbocycles. The number of hydrogen-bond donors (Lipinski definition) is 1. The van der Waals surface area contributed by atoms with Crippen molar-refractivity contribution in [3.05, 3.63) is 48.0 Å². The minimum atomic E-state index is 0. The maximum Gasteiger partial charge on any atom is 0.203 e. The Labute approximate surface area is 208 Å². The van der Waals surface area contributed by atoms with Gasteiger partial charge in [-0.15, -0.1) is 24.0 Å². The van der Waals surface area contributed by atoms with Gasteiger partial charge in [0.15, 0.2) is 17.5 Å². The lowest BCUT2D eigenvalue weighted by Gasteiger charge is -2.37. The molecule has 2 aromatic rings. The first-order chi connectivity index (χ1) is 15.2. The summed E-state index contributed by atoms with van der Waals surface area (Å²) >= 11 is 0. The highest BCUT2D eigenvalue weighted by molar-refractivity contribution is 14.0. The lowest BCUT2D eigenvalue weighted by Crippen LogP contribution is -2.52. The number of ether oxygens (including phenoxy) is 3. The Bertz CT molecular complexity index is 856. The van der Waals surface area contributed by atoms with Crippen LogP contribution >= 0.6 is 24.0 Å². The van der Waals surface area contributed by atoms with Gasteiger partial charge in [0.1, 0.15) is 0 Å². The Kier molecular flexibility index (Phi) is 10.7. The third kappa shape index (κ3) is 6.34. The second-order valence-electron chi connectivity index (χ2n) is 7.29. The zero-order valence-corrected chi connectivity index (χ0v) is 21.8. The molecule has 176 valence electrons. The van der Waals surface area contributed by atoms with E-state index in [9.17, 15) is 0 Å². The number of halogens is 1. The lowest BCUT2D eigenvalue weighted by atomic mass is 10.1. The van der Waals surface area contributed by atoms with Gasteiger partial charge in [-0.25, -0.2) is 0 Å². The van der Waals surface area contributed by atoms with Crippen molar-refractivity contribution in [1.29, 1.82) is 0 Å². The highest BCUT2D eigenvalue weighted by Crippen LogP contribution is 2.39. The first kappa shape index (κ1) is 25.9. The first-order valence-electron chi connectivity index (χ1n) is 10.8. The standard InChI is InChI=1S/C24H34N4O3.HI/c1-5-25-24(28-17-15-27(16-18-28)20-9-7-6-8-10-20)26-14-13-19-11-12-21(29-2)23(31-4)22(19)30-3;/h6-12H,5,13-18H2,1-4H3,(H,25,26);1H. The van der Waals surface area contributed by atoms with E-state index in [2.05, 4.69) is 52.4 Å². The second-order valence-corrected chi connectivity index (χ2v) is 7.29. The fourth-order valence-corrected chi connectivity index (χ4v) is 3.88. The van der Waals surface area contributed by atoms with Crippen LogP contribution in [0.25, 0.3) is 0 Å². The van der Waals surface area contributed by atoms with E-state index in [1.54, 1.807) is 21.3 Å². The van der Waals surface area contributed by atoms with Crippen LogP contribution in [0.1, 0.15) is 12.5 Å². The fourth-order valence-electron chi connectivity index (χ4n) is 3.88. The van der Waals surface area contributed by atoms with Crippen molar-refractivity contribution in [2.75, 3.05) is 65.5 Å². The SMILES string of the molecule is CCNC(=NCCc1ccc(OC)c(OC)c1OC)N1CCN(c2ccccc2)CC1.I. The molecule has 0 unspecified atom stereocenters. The van der Waals surface area contributed by atoms with Crippen molar-refractivity contribution >= 4 is 35.6 Å². The summed E-state index contributed by atoms with van der Waals surface area (Å²) in [5.74, 6) is 2.96. The molecule has 0 atom stereocenters. The van der Waals surface area contributed by atoms with Crippen LogP contribution in [0, 0.1) is 0 Å². The van der Waals surface area contributed by atoms with E-state index < -0.39 is 0 Å². The number of hydrogen-bond acceptors (Lipinski definition) is 5. The summed E-state index contributed by atoms with van der Waals surface area (Å²) in [6.45, 7) is 7.47. The minimum Gasteiger partial charge on any atom is -0.493 e. The first-order valence-corrected chi connectivity index (χ1v) is 10.8. The summed E-state index contributed by atoms with van der Waals surface area (Å²) in [5, 5.41) is 3.44. The Morgan fingerprint density at radius 1 is 0.906 bits per heavy atom. The lowest BCUT2D eigenvalue weighted by molar-refractivity contribution is 0.322. The second kappa shape index (κ2) is 13.2. The van der Waals surface area contributed by atoms with Crippen molar-refractivity contribution in [3.8, 4) is 17.2 Å². The van der Waals surface area contributed by atoms with Crippen LogP contribution in [0.4, 0.5) is 5.69 Å². The summed E-state index contributed by atoms with van der Waals surface area (Å²) in [7, 11) is 4.91. The summed E-state index contributed by atoms with van der Waals surface area (Å²) in [4.78, 5) is 9.66. The monoisotopic (exact) mass is 554 g/mol. The van der Waals surface area contributed by atoms with E-state index in [1.807, 2.05) is 12.1 Å². The van der Waals surface area contributed by atoms with Crippen LogP contribution in [-0.4, -0.2) is 71.5 Å². The Morgan fingerprint density at radius 3 is 2.19 bits per heavy atom. The largest absolute Gasteiger partial charge is 0.493 e. The smallest absolute Gasteiger partial charge is 0.203 e. The molecular formula is C24H35IN4O3. The number of guanidine groups is 1. The van der Waals surface area contributed by atoms with Gasteiger partial charge in [-0.3, -0.25) is 4.99 Å². The molecule has 0 bridgehead atoms. The van der Waals surface area contributed by atoms with E-state index in [-0.39, 0.29) is 24.0 Å². The van der Waals surface area contributed by atoms with E-state index in [0.29, 0.717) is 23.8 Å². The summed E-state index contributed by atoms with van der Waals surface area (Å²) in [5.41, 5.74) is 2.33. The van der Waals surface area contributed by atoms with Crippen molar-refractivity contribution in [2.24, 2.45) is 4.99 Å². The molecule has 3 rings (SSSR count). The molecular weight excluding hydrogens is 519 g/mol. The van der Waals surface area contributed by atoms with Crippen LogP contribution in [-0.2, 0) is 6.42 Å². The summed E-state index contributed by atoms with van der Waals surface area (Å²) in [6.07, 6.45) is 0.752. The molecule has 1 aliphatic heterocycles. The summed E-state index contributed by atoms with van der Waals surface area (Å²) in [6, 6.07) is 14.5. The number of nitrogens with one attached hydrogen (secondary N) is 1. The van der Waals surface area contributed by atoms with Crippen LogP contribution in [0.15, 0.2) is 47.5 Å². The van der Waals surface area contributed by atoms with Gasteiger partial charge in [-0.1, -0.05) is 24.3 Å². The Hall–Kier alpha value is -2.36. The van der Waals surface area contributed by atoms with Gasteiger partial charge < -0.3 is 29.3 Å². The number of piperazine rings is 1. The van der Waals surface area contributed by atoms with Gasteiger partial charge in [0.2, 0.25) is 5.75 Å². The third-order valence-electron chi connectivity index (χ3n) is 5.46. The quantitative estimate of drug-likeness (QED) is 0.306. The van der Waals surface area contributed by atoms with Crippen molar-refractivity contribution in [3.63, 3.8) is 0 Å². The number of anilines is 1. The molecule has 1 fully saturated rings. The molecule has 32 heavy (non-hydrogen) atoms.